The van der Waals surface area contributed by atoms with Gasteiger partial charge in [-0.3, -0.25) is 10.2 Å². The Morgan fingerprint density at radius 3 is 2.78 bits per heavy atom. The molecule has 0 bridgehead atoms. The molecule has 0 saturated carbocycles. The van der Waals surface area contributed by atoms with Crippen LogP contribution in [0.1, 0.15) is 19.8 Å². The Balaban J connectivity index is 2.09. The number of carbonyl (C=O) groups excluding carboxylic acids is 1. The first-order valence-electron chi connectivity index (χ1n) is 7.07. The fourth-order valence-electron chi connectivity index (χ4n) is 1.81. The van der Waals surface area contributed by atoms with Crippen LogP contribution in [0.3, 0.4) is 0 Å². The van der Waals surface area contributed by atoms with Gasteiger partial charge in [-0.2, -0.15) is 0 Å². The molecule has 0 spiro atoms. The molecule has 1 aromatic heterocycles. The van der Waals surface area contributed by atoms with E-state index in [1.54, 1.807) is 30.3 Å². The molecule has 1 heterocycles. The molecule has 0 aliphatic heterocycles. The van der Waals surface area contributed by atoms with Crippen molar-refractivity contribution in [1.82, 2.24) is 4.98 Å². The molecule has 0 unspecified atom stereocenters. The van der Waals surface area contributed by atoms with Crippen LogP contribution in [-0.4, -0.2) is 16.6 Å². The van der Waals surface area contributed by atoms with Crippen molar-refractivity contribution < 1.29 is 9.53 Å². The molecular weight excluding hydrogens is 316 g/mol. The second kappa shape index (κ2) is 7.60. The van der Waals surface area contributed by atoms with Gasteiger partial charge < -0.3 is 15.8 Å². The van der Waals surface area contributed by atoms with Crippen LogP contribution in [0.15, 0.2) is 36.5 Å². The van der Waals surface area contributed by atoms with E-state index in [0.717, 1.165) is 6.42 Å². The normalized spacial score (nSPS) is 10.2. The van der Waals surface area contributed by atoms with E-state index in [-0.39, 0.29) is 5.71 Å². The Labute approximate surface area is 139 Å². The summed E-state index contributed by atoms with van der Waals surface area (Å²) in [5, 5.41) is 10.6. The fraction of sp³-hybridized carbons (Fsp3) is 0.188. The number of anilines is 2. The van der Waals surface area contributed by atoms with Gasteiger partial charge in [-0.1, -0.05) is 24.9 Å². The number of rotatable bonds is 6. The number of hydrogen-bond acceptors (Lipinski definition) is 5. The molecule has 1 aromatic carbocycles. The molecule has 4 N–H and O–H groups in total. The van der Waals surface area contributed by atoms with E-state index in [2.05, 4.69) is 10.3 Å². The summed E-state index contributed by atoms with van der Waals surface area (Å²) in [5.74, 6) is 0.853. The van der Waals surface area contributed by atoms with Crippen LogP contribution in [0.25, 0.3) is 0 Å². The number of nitrogen functional groups attached to an aromatic ring is 1. The molecule has 0 aliphatic carbocycles. The number of nitrogens with zero attached hydrogens (tertiary/aromatic N) is 1. The molecule has 2 rings (SSSR count). The van der Waals surface area contributed by atoms with Gasteiger partial charge in [0.25, 0.3) is 5.91 Å². The largest absolute Gasteiger partial charge is 0.457 e. The maximum Gasteiger partial charge on any atom is 0.270 e. The van der Waals surface area contributed by atoms with Gasteiger partial charge in [-0.15, -0.1) is 0 Å². The standard InChI is InChI=1S/C16H17ClN4O2/c1-2-3-14(19)16(22)21-15-9-11(6-7-20-15)23-10-4-5-13(18)12(17)8-10/h4-9,19H,2-3,18H2,1H3,(H,20,21,22). The Morgan fingerprint density at radius 2 is 2.09 bits per heavy atom. The predicted octanol–water partition coefficient (Wildman–Crippen LogP) is 3.87. The predicted molar refractivity (Wildman–Crippen MR) is 91.4 cm³/mol. The van der Waals surface area contributed by atoms with Crippen molar-refractivity contribution in [3.8, 4) is 11.5 Å². The summed E-state index contributed by atoms with van der Waals surface area (Å²) in [4.78, 5) is 15.8. The minimum absolute atomic E-state index is 0.0194. The molecule has 0 atom stereocenters. The molecule has 2 aromatic rings. The van der Waals surface area contributed by atoms with Gasteiger partial charge in [-0.05, 0) is 24.6 Å². The average molecular weight is 333 g/mol. The molecule has 0 saturated heterocycles. The number of amides is 1. The zero-order valence-corrected chi connectivity index (χ0v) is 13.4. The van der Waals surface area contributed by atoms with E-state index < -0.39 is 5.91 Å². The number of nitrogens with one attached hydrogen (secondary N) is 2. The smallest absolute Gasteiger partial charge is 0.270 e. The van der Waals surface area contributed by atoms with Crippen LogP contribution in [0.4, 0.5) is 11.5 Å². The second-order valence-electron chi connectivity index (χ2n) is 4.84. The monoisotopic (exact) mass is 332 g/mol. The Hall–Kier alpha value is -2.60. The highest BCUT2D eigenvalue weighted by Gasteiger charge is 2.10. The molecule has 6 nitrogen and oxygen atoms in total. The Kier molecular flexibility index (Phi) is 5.54. The zero-order valence-electron chi connectivity index (χ0n) is 12.6. The lowest BCUT2D eigenvalue weighted by molar-refractivity contribution is -0.110. The van der Waals surface area contributed by atoms with Crippen molar-refractivity contribution in [2.45, 2.75) is 19.8 Å². The summed E-state index contributed by atoms with van der Waals surface area (Å²) in [7, 11) is 0. The third-order valence-electron chi connectivity index (χ3n) is 2.95. The summed E-state index contributed by atoms with van der Waals surface area (Å²) in [6, 6.07) is 8.16. The van der Waals surface area contributed by atoms with Crippen molar-refractivity contribution in [3.63, 3.8) is 0 Å². The average Bonchev–Trinajstić information content (AvgIpc) is 2.51. The summed E-state index contributed by atoms with van der Waals surface area (Å²) >= 11 is 5.95. The molecule has 0 aliphatic rings. The number of nitrogens with two attached hydrogens (primary N) is 1. The van der Waals surface area contributed by atoms with Gasteiger partial charge in [0.05, 0.1) is 16.4 Å². The number of halogens is 1. The fourth-order valence-corrected chi connectivity index (χ4v) is 1.98. The molecule has 0 fully saturated rings. The van der Waals surface area contributed by atoms with Crippen molar-refractivity contribution in [3.05, 3.63) is 41.6 Å². The lowest BCUT2D eigenvalue weighted by Crippen LogP contribution is -2.22. The van der Waals surface area contributed by atoms with Gasteiger partial charge in [0, 0.05) is 18.3 Å². The highest BCUT2D eigenvalue weighted by Crippen LogP contribution is 2.28. The van der Waals surface area contributed by atoms with Crippen LogP contribution >= 0.6 is 11.6 Å². The maximum atomic E-state index is 11.8. The SMILES string of the molecule is CCCC(=N)C(=O)Nc1cc(Oc2ccc(N)c(Cl)c2)ccn1. The van der Waals surface area contributed by atoms with E-state index in [9.17, 15) is 4.79 Å². The topological polar surface area (TPSA) is 101 Å². The third-order valence-corrected chi connectivity index (χ3v) is 3.28. The zero-order chi connectivity index (χ0) is 16.8. The van der Waals surface area contributed by atoms with Crippen molar-refractivity contribution in [2.24, 2.45) is 0 Å². The quantitative estimate of drug-likeness (QED) is 0.552. The minimum atomic E-state index is -0.466. The number of hydrogen-bond donors (Lipinski definition) is 3. The van der Waals surface area contributed by atoms with Crippen molar-refractivity contribution in [1.29, 1.82) is 5.41 Å². The number of pyridine rings is 1. The second-order valence-corrected chi connectivity index (χ2v) is 5.25. The van der Waals surface area contributed by atoms with E-state index >= 15 is 0 Å². The van der Waals surface area contributed by atoms with Gasteiger partial charge in [0.1, 0.15) is 17.3 Å². The van der Waals surface area contributed by atoms with Crippen LogP contribution in [0, 0.1) is 5.41 Å². The van der Waals surface area contributed by atoms with E-state index in [1.807, 2.05) is 6.92 Å². The number of carbonyl (C=O) groups is 1. The first-order valence-corrected chi connectivity index (χ1v) is 7.45. The molecular formula is C16H17ClN4O2. The lowest BCUT2D eigenvalue weighted by Gasteiger charge is -2.09. The minimum Gasteiger partial charge on any atom is -0.457 e. The van der Waals surface area contributed by atoms with Gasteiger partial charge in [-0.25, -0.2) is 4.98 Å². The first-order chi connectivity index (χ1) is 11.0. The van der Waals surface area contributed by atoms with E-state index in [1.165, 1.54) is 6.20 Å². The molecule has 7 heteroatoms. The van der Waals surface area contributed by atoms with Crippen LogP contribution < -0.4 is 15.8 Å². The summed E-state index contributed by atoms with van der Waals surface area (Å²) in [5.41, 5.74) is 6.14. The third kappa shape index (κ3) is 4.69. The summed E-state index contributed by atoms with van der Waals surface area (Å²) in [6.07, 6.45) is 2.67. The maximum absolute atomic E-state index is 11.8. The molecule has 120 valence electrons. The number of benzene rings is 1. The number of ether oxygens (including phenoxy) is 1. The Bertz CT molecular complexity index is 734. The van der Waals surface area contributed by atoms with Crippen LogP contribution in [0.5, 0.6) is 11.5 Å². The van der Waals surface area contributed by atoms with Crippen molar-refractivity contribution in [2.75, 3.05) is 11.1 Å². The highest BCUT2D eigenvalue weighted by atomic mass is 35.5. The van der Waals surface area contributed by atoms with E-state index in [0.29, 0.717) is 34.4 Å². The van der Waals surface area contributed by atoms with Crippen LogP contribution in [-0.2, 0) is 4.79 Å². The summed E-state index contributed by atoms with van der Waals surface area (Å²) in [6.45, 7) is 1.91. The van der Waals surface area contributed by atoms with Gasteiger partial charge in [0.2, 0.25) is 0 Å². The number of aromatic nitrogens is 1. The van der Waals surface area contributed by atoms with E-state index in [4.69, 9.17) is 27.5 Å². The lowest BCUT2D eigenvalue weighted by atomic mass is 10.2. The Morgan fingerprint density at radius 1 is 1.35 bits per heavy atom. The van der Waals surface area contributed by atoms with Crippen LogP contribution in [0.2, 0.25) is 5.02 Å². The first kappa shape index (κ1) is 16.8. The summed E-state index contributed by atoms with van der Waals surface area (Å²) < 4.78 is 5.66. The van der Waals surface area contributed by atoms with Crippen molar-refractivity contribution >= 4 is 34.7 Å². The molecule has 1 amide bonds. The molecule has 23 heavy (non-hydrogen) atoms. The van der Waals surface area contributed by atoms with Gasteiger partial charge >= 0.3 is 0 Å². The van der Waals surface area contributed by atoms with Gasteiger partial charge in [0.15, 0.2) is 0 Å². The molecule has 0 radical (unpaired) electrons. The highest BCUT2D eigenvalue weighted by molar-refractivity contribution is 6.41.